The Morgan fingerprint density at radius 1 is 0.320 bits per heavy atom. The predicted molar refractivity (Wildman–Crippen MR) is 99.8 cm³/mol. The second kappa shape index (κ2) is 86.9. The van der Waals surface area contributed by atoms with E-state index in [0.717, 1.165) is 0 Å². The van der Waals surface area contributed by atoms with Gasteiger partial charge in [-0.25, -0.2) is 0 Å². The second-order valence-electron chi connectivity index (χ2n) is 4.42. The first-order chi connectivity index (χ1) is 9.66. The van der Waals surface area contributed by atoms with Gasteiger partial charge in [-0.3, -0.25) is 0 Å². The van der Waals surface area contributed by atoms with E-state index in [0.29, 0.717) is 0 Å². The summed E-state index contributed by atoms with van der Waals surface area (Å²) >= 11 is 0. The zero-order chi connectivity index (χ0) is 16.5. The molecule has 8 nitrogen and oxygen atoms in total. The molecule has 0 aromatic carbocycles. The molecule has 0 aliphatic rings. The van der Waals surface area contributed by atoms with Crippen molar-refractivity contribution in [2.75, 3.05) is 52.4 Å². The minimum atomic E-state index is 0. The zero-order valence-electron chi connectivity index (χ0n) is 18.3. The molecule has 25 heavy (non-hydrogen) atoms. The summed E-state index contributed by atoms with van der Waals surface area (Å²) in [6.07, 6.45) is 0. The summed E-state index contributed by atoms with van der Waals surface area (Å²) in [6, 6.07) is 0. The number of hydrogen-bond donors (Lipinski definition) is 4. The Morgan fingerprint density at radius 2 is 0.400 bits per heavy atom. The smallest absolute Gasteiger partial charge is 0.0726 e. The topological polar surface area (TPSA) is 186 Å². The molecule has 0 rings (SSSR count). The van der Waals surface area contributed by atoms with E-state index in [1.54, 1.807) is 0 Å². The van der Waals surface area contributed by atoms with E-state index >= 15 is 0 Å². The van der Waals surface area contributed by atoms with Crippen molar-refractivity contribution in [1.29, 1.82) is 0 Å². The third-order valence-electron chi connectivity index (χ3n) is 2.31. The Balaban J connectivity index is -0.0000000183. The number of rotatable bonds is 8. The SMILES string of the molecule is CC[NH2+]CC.CC[NH2+]CC.CC[NH2+]CC.CC[NH2+]CC.[OH-].[OH-].[OH-].[OH-].[Ti]. The van der Waals surface area contributed by atoms with Gasteiger partial charge in [-0.2, -0.15) is 0 Å². The number of quaternary nitrogens is 4. The monoisotopic (exact) mass is 412 g/mol. The summed E-state index contributed by atoms with van der Waals surface area (Å²) in [5.41, 5.74) is 0. The van der Waals surface area contributed by atoms with E-state index in [-0.39, 0.29) is 43.6 Å². The maximum Gasteiger partial charge on any atom is 0.0726 e. The van der Waals surface area contributed by atoms with Gasteiger partial charge in [0.05, 0.1) is 52.4 Å². The van der Waals surface area contributed by atoms with Crippen LogP contribution in [0.15, 0.2) is 0 Å². The van der Waals surface area contributed by atoms with E-state index in [1.807, 2.05) is 0 Å². The summed E-state index contributed by atoms with van der Waals surface area (Å²) in [4.78, 5) is 0. The van der Waals surface area contributed by atoms with Crippen molar-refractivity contribution in [3.05, 3.63) is 0 Å². The van der Waals surface area contributed by atoms with Crippen molar-refractivity contribution in [1.82, 2.24) is 0 Å². The van der Waals surface area contributed by atoms with Crippen LogP contribution in [-0.4, -0.2) is 74.3 Å². The Morgan fingerprint density at radius 3 is 0.400 bits per heavy atom. The normalized spacial score (nSPS) is 6.72. The van der Waals surface area contributed by atoms with Crippen LogP contribution in [0.5, 0.6) is 0 Å². The van der Waals surface area contributed by atoms with E-state index in [2.05, 4.69) is 76.7 Å². The van der Waals surface area contributed by atoms with E-state index < -0.39 is 0 Å². The molecule has 0 atom stereocenters. The summed E-state index contributed by atoms with van der Waals surface area (Å²) in [7, 11) is 0. The molecule has 0 amide bonds. The van der Waals surface area contributed by atoms with Crippen molar-refractivity contribution in [2.45, 2.75) is 55.4 Å². The fraction of sp³-hybridized carbons (Fsp3) is 1.00. The summed E-state index contributed by atoms with van der Waals surface area (Å²) < 4.78 is 0. The molecule has 0 aliphatic carbocycles. The summed E-state index contributed by atoms with van der Waals surface area (Å²) in [5.74, 6) is 0. The number of nitrogens with two attached hydrogens (primary N) is 4. The minimum absolute atomic E-state index is 0. The van der Waals surface area contributed by atoms with Gasteiger partial charge in [-0.05, 0) is 55.4 Å². The van der Waals surface area contributed by atoms with Crippen molar-refractivity contribution >= 4 is 0 Å². The maximum atomic E-state index is 2.25. The molecule has 0 saturated carbocycles. The van der Waals surface area contributed by atoms with Crippen LogP contribution in [0, 0.1) is 0 Å². The molecule has 9 heteroatoms. The van der Waals surface area contributed by atoms with Crippen molar-refractivity contribution in [2.24, 2.45) is 0 Å². The summed E-state index contributed by atoms with van der Waals surface area (Å²) in [5, 5.41) is 9.00. The van der Waals surface area contributed by atoms with Gasteiger partial charge in [0.25, 0.3) is 0 Å². The molecule has 0 unspecified atom stereocenters. The van der Waals surface area contributed by atoms with Gasteiger partial charge in [0.2, 0.25) is 0 Å². The molecule has 0 aromatic rings. The molecule has 0 bridgehead atoms. The van der Waals surface area contributed by atoms with Gasteiger partial charge in [0, 0.05) is 21.7 Å². The van der Waals surface area contributed by atoms with Crippen LogP contribution >= 0.6 is 0 Å². The Labute approximate surface area is 172 Å². The van der Waals surface area contributed by atoms with Crippen molar-refractivity contribution in [3.8, 4) is 0 Å². The molecule has 0 aromatic heterocycles. The van der Waals surface area contributed by atoms with Crippen LogP contribution in [-0.2, 0) is 21.7 Å². The molecule has 0 saturated heterocycles. The summed E-state index contributed by atoms with van der Waals surface area (Å²) in [6.45, 7) is 27.0. The number of hydrogen-bond acceptors (Lipinski definition) is 4. The standard InChI is InChI=1S/4C4H11N.4H2O.Ti/c4*1-3-5-4-2;;;;;/h4*5H,3-4H2,1-2H3;4*1H2;. The van der Waals surface area contributed by atoms with Crippen LogP contribution < -0.4 is 21.3 Å². The van der Waals surface area contributed by atoms with Gasteiger partial charge in [-0.1, -0.05) is 0 Å². The minimum Gasteiger partial charge on any atom is -0.870 e. The van der Waals surface area contributed by atoms with Crippen LogP contribution in [0.2, 0.25) is 0 Å². The van der Waals surface area contributed by atoms with Gasteiger partial charge < -0.3 is 43.2 Å². The third kappa shape index (κ3) is 174. The fourth-order valence-corrected chi connectivity index (χ4v) is 1.15. The van der Waals surface area contributed by atoms with E-state index in [9.17, 15) is 0 Å². The van der Waals surface area contributed by atoms with Gasteiger partial charge in [-0.15, -0.1) is 0 Å². The van der Waals surface area contributed by atoms with Crippen LogP contribution in [0.25, 0.3) is 0 Å². The molecular weight excluding hydrogens is 360 g/mol. The largest absolute Gasteiger partial charge is 0.870 e. The first kappa shape index (κ1) is 56.2. The zero-order valence-corrected chi connectivity index (χ0v) is 19.8. The van der Waals surface area contributed by atoms with Gasteiger partial charge in [0.15, 0.2) is 0 Å². The average Bonchev–Trinajstić information content (AvgIpc) is 2.44. The van der Waals surface area contributed by atoms with Crippen LogP contribution in [0.3, 0.4) is 0 Å². The van der Waals surface area contributed by atoms with Gasteiger partial charge in [0.1, 0.15) is 0 Å². The van der Waals surface area contributed by atoms with Crippen molar-refractivity contribution in [3.63, 3.8) is 0 Å². The molecule has 0 fully saturated rings. The van der Waals surface area contributed by atoms with Gasteiger partial charge >= 0.3 is 0 Å². The average molecular weight is 412 g/mol. The van der Waals surface area contributed by atoms with Crippen molar-refractivity contribution < 1.29 is 64.9 Å². The molecule has 12 N–H and O–H groups in total. The van der Waals surface area contributed by atoms with E-state index in [1.165, 1.54) is 52.4 Å². The Kier molecular flexibility index (Phi) is 195. The molecule has 0 aliphatic heterocycles. The predicted octanol–water partition coefficient (Wildman–Crippen LogP) is -2.35. The molecule has 0 spiro atoms. The molecule has 164 valence electrons. The van der Waals surface area contributed by atoms with Crippen LogP contribution in [0.1, 0.15) is 55.4 Å². The quantitative estimate of drug-likeness (QED) is 0.325. The first-order valence-corrected chi connectivity index (χ1v) is 8.92. The Bertz CT molecular complexity index is 90.1. The maximum absolute atomic E-state index is 2.25. The van der Waals surface area contributed by atoms with E-state index in [4.69, 9.17) is 0 Å². The fourth-order valence-electron chi connectivity index (χ4n) is 1.15. The molecular formula is C16H52N4O4Ti. The second-order valence-corrected chi connectivity index (χ2v) is 4.42. The van der Waals surface area contributed by atoms with Crippen LogP contribution in [0.4, 0.5) is 0 Å². The third-order valence-corrected chi connectivity index (χ3v) is 2.31. The molecule has 0 radical (unpaired) electrons. The Hall–Kier alpha value is 0.394. The first-order valence-electron chi connectivity index (χ1n) is 8.92. The molecule has 0 heterocycles.